The second-order valence-corrected chi connectivity index (χ2v) is 6.35. The van der Waals surface area contributed by atoms with Gasteiger partial charge in [-0.3, -0.25) is 14.3 Å². The van der Waals surface area contributed by atoms with Crippen LogP contribution in [0.15, 0.2) is 60.7 Å². The minimum absolute atomic E-state index is 0.0564. The Hall–Kier alpha value is -3.48. The van der Waals surface area contributed by atoms with Gasteiger partial charge in [0.2, 0.25) is 5.91 Å². The van der Waals surface area contributed by atoms with E-state index in [-0.39, 0.29) is 24.0 Å². The molecule has 0 bridgehead atoms. The summed E-state index contributed by atoms with van der Waals surface area (Å²) in [5, 5.41) is 9.50. The molecule has 0 aliphatic carbocycles. The number of rotatable bonds is 7. The first-order valence-electron chi connectivity index (χ1n) is 8.92. The van der Waals surface area contributed by atoms with Crippen molar-refractivity contribution in [2.75, 3.05) is 5.32 Å². The van der Waals surface area contributed by atoms with Crippen molar-refractivity contribution in [1.82, 2.24) is 15.1 Å². The first-order chi connectivity index (χ1) is 13.5. The minimum Gasteiger partial charge on any atom is -0.346 e. The summed E-state index contributed by atoms with van der Waals surface area (Å²) in [6.45, 7) is 0.0564. The van der Waals surface area contributed by atoms with Gasteiger partial charge in [-0.1, -0.05) is 48.5 Å². The van der Waals surface area contributed by atoms with Gasteiger partial charge in [0.1, 0.15) is 11.6 Å². The third kappa shape index (κ3) is 5.03. The molecule has 0 saturated carbocycles. The van der Waals surface area contributed by atoms with Crippen molar-refractivity contribution in [1.29, 1.82) is 0 Å². The van der Waals surface area contributed by atoms with E-state index in [1.54, 1.807) is 25.2 Å². The van der Waals surface area contributed by atoms with E-state index in [1.165, 1.54) is 16.8 Å². The third-order valence-electron chi connectivity index (χ3n) is 4.26. The second-order valence-electron chi connectivity index (χ2n) is 6.35. The van der Waals surface area contributed by atoms with Crippen molar-refractivity contribution in [2.45, 2.75) is 19.4 Å². The molecule has 6 nitrogen and oxygen atoms in total. The number of halogens is 1. The van der Waals surface area contributed by atoms with Gasteiger partial charge >= 0.3 is 0 Å². The van der Waals surface area contributed by atoms with Crippen LogP contribution in [0, 0.1) is 5.82 Å². The van der Waals surface area contributed by atoms with Gasteiger partial charge in [0.25, 0.3) is 5.91 Å². The van der Waals surface area contributed by atoms with Gasteiger partial charge in [-0.15, -0.1) is 0 Å². The number of aromatic nitrogens is 2. The lowest BCUT2D eigenvalue weighted by molar-refractivity contribution is -0.116. The average Bonchev–Trinajstić information content (AvgIpc) is 3.07. The lowest BCUT2D eigenvalue weighted by Crippen LogP contribution is -2.23. The predicted molar refractivity (Wildman–Crippen MR) is 104 cm³/mol. The van der Waals surface area contributed by atoms with Crippen molar-refractivity contribution in [3.8, 4) is 0 Å². The largest absolute Gasteiger partial charge is 0.346 e. The lowest BCUT2D eigenvalue weighted by atomic mass is 10.1. The van der Waals surface area contributed by atoms with Crippen molar-refractivity contribution < 1.29 is 14.0 Å². The van der Waals surface area contributed by atoms with Crippen molar-refractivity contribution in [3.63, 3.8) is 0 Å². The molecule has 2 N–H and O–H groups in total. The topological polar surface area (TPSA) is 76.0 Å². The molecule has 2 amide bonds. The summed E-state index contributed by atoms with van der Waals surface area (Å²) < 4.78 is 15.1. The molecule has 1 heterocycles. The normalized spacial score (nSPS) is 10.5. The maximum atomic E-state index is 13.6. The molecule has 0 aliphatic heterocycles. The number of nitrogens with zero attached hydrogens (tertiary/aromatic N) is 2. The van der Waals surface area contributed by atoms with Crippen molar-refractivity contribution in [3.05, 3.63) is 83.3 Å². The summed E-state index contributed by atoms with van der Waals surface area (Å²) in [5.41, 5.74) is 1.62. The van der Waals surface area contributed by atoms with Crippen LogP contribution in [0.3, 0.4) is 0 Å². The number of nitrogens with one attached hydrogen (secondary N) is 2. The van der Waals surface area contributed by atoms with Crippen LogP contribution in [-0.4, -0.2) is 21.6 Å². The van der Waals surface area contributed by atoms with Gasteiger partial charge in [0.15, 0.2) is 5.69 Å². The highest BCUT2D eigenvalue weighted by Gasteiger charge is 2.15. The first-order valence-corrected chi connectivity index (χ1v) is 8.92. The molecule has 0 atom stereocenters. The van der Waals surface area contributed by atoms with Gasteiger partial charge in [-0.2, -0.15) is 5.10 Å². The number of carbonyl (C=O) groups is 2. The monoisotopic (exact) mass is 380 g/mol. The van der Waals surface area contributed by atoms with Crippen LogP contribution in [0.5, 0.6) is 0 Å². The molecule has 3 rings (SSSR count). The Morgan fingerprint density at radius 1 is 1.07 bits per heavy atom. The molecule has 0 radical (unpaired) electrons. The van der Waals surface area contributed by atoms with Gasteiger partial charge in [0.05, 0.1) is 0 Å². The minimum atomic E-state index is -0.441. The standard InChI is InChI=1S/C21H21FN4O2/c1-26-19(24-20(27)12-11-15-7-3-2-4-8-15)13-18(25-26)21(28)23-14-16-9-5-6-10-17(16)22/h2-10,13H,11-12,14H2,1H3,(H,23,28)(H,24,27). The molecule has 0 aliphatic rings. The maximum absolute atomic E-state index is 13.6. The number of aryl methyl sites for hydroxylation is 2. The van der Waals surface area contributed by atoms with Crippen LogP contribution in [0.2, 0.25) is 0 Å². The number of benzene rings is 2. The molecular weight excluding hydrogens is 359 g/mol. The molecule has 0 fully saturated rings. The summed E-state index contributed by atoms with van der Waals surface area (Å²) in [4.78, 5) is 24.4. The molecule has 2 aromatic carbocycles. The van der Waals surface area contributed by atoms with Crippen LogP contribution in [0.25, 0.3) is 0 Å². The van der Waals surface area contributed by atoms with Gasteiger partial charge in [-0.05, 0) is 18.1 Å². The molecule has 0 saturated heterocycles. The van der Waals surface area contributed by atoms with Crippen molar-refractivity contribution >= 4 is 17.6 Å². The molecular formula is C21H21FN4O2. The Morgan fingerprint density at radius 3 is 2.54 bits per heavy atom. The van der Waals surface area contributed by atoms with E-state index in [0.29, 0.717) is 24.2 Å². The van der Waals surface area contributed by atoms with E-state index in [4.69, 9.17) is 0 Å². The number of carbonyl (C=O) groups excluding carboxylic acids is 2. The van der Waals surface area contributed by atoms with E-state index < -0.39 is 5.91 Å². The van der Waals surface area contributed by atoms with Crippen LogP contribution in [-0.2, 0) is 24.8 Å². The molecule has 3 aromatic rings. The predicted octanol–water partition coefficient (Wildman–Crippen LogP) is 3.06. The number of amides is 2. The van der Waals surface area contributed by atoms with E-state index in [0.717, 1.165) is 5.56 Å². The fourth-order valence-corrected chi connectivity index (χ4v) is 2.71. The van der Waals surface area contributed by atoms with Crippen LogP contribution in [0.1, 0.15) is 28.0 Å². The third-order valence-corrected chi connectivity index (χ3v) is 4.26. The van der Waals surface area contributed by atoms with Gasteiger partial charge < -0.3 is 10.6 Å². The van der Waals surface area contributed by atoms with E-state index in [1.807, 2.05) is 30.3 Å². The zero-order chi connectivity index (χ0) is 19.9. The molecule has 28 heavy (non-hydrogen) atoms. The number of hydrogen-bond donors (Lipinski definition) is 2. The molecule has 0 spiro atoms. The summed E-state index contributed by atoms with van der Waals surface area (Å²) >= 11 is 0. The van der Waals surface area contributed by atoms with Crippen LogP contribution in [0.4, 0.5) is 10.2 Å². The molecule has 144 valence electrons. The Morgan fingerprint density at radius 2 is 1.79 bits per heavy atom. The fourth-order valence-electron chi connectivity index (χ4n) is 2.71. The second kappa shape index (κ2) is 8.94. The molecule has 0 unspecified atom stereocenters. The van der Waals surface area contributed by atoms with Gasteiger partial charge in [-0.25, -0.2) is 4.39 Å². The summed E-state index contributed by atoms with van der Waals surface area (Å²) in [6, 6.07) is 17.5. The average molecular weight is 380 g/mol. The molecule has 7 heteroatoms. The Labute approximate surface area is 162 Å². The van der Waals surface area contributed by atoms with Crippen LogP contribution >= 0.6 is 0 Å². The highest BCUT2D eigenvalue weighted by Crippen LogP contribution is 2.12. The Bertz CT molecular complexity index is 970. The van der Waals surface area contributed by atoms with Crippen molar-refractivity contribution in [2.24, 2.45) is 7.05 Å². The summed E-state index contributed by atoms with van der Waals surface area (Å²) in [5.74, 6) is -0.557. The SMILES string of the molecule is Cn1nc(C(=O)NCc2ccccc2F)cc1NC(=O)CCc1ccccc1. The summed E-state index contributed by atoms with van der Waals surface area (Å²) in [7, 11) is 1.64. The maximum Gasteiger partial charge on any atom is 0.272 e. The van der Waals surface area contributed by atoms with E-state index in [2.05, 4.69) is 15.7 Å². The number of anilines is 1. The molecule has 1 aromatic heterocycles. The smallest absolute Gasteiger partial charge is 0.272 e. The zero-order valence-corrected chi connectivity index (χ0v) is 15.5. The Balaban J connectivity index is 1.55. The van der Waals surface area contributed by atoms with Crippen LogP contribution < -0.4 is 10.6 Å². The fraction of sp³-hybridized carbons (Fsp3) is 0.190. The van der Waals surface area contributed by atoms with E-state index in [9.17, 15) is 14.0 Å². The summed E-state index contributed by atoms with van der Waals surface area (Å²) in [6.07, 6.45) is 0.949. The number of hydrogen-bond acceptors (Lipinski definition) is 3. The highest BCUT2D eigenvalue weighted by molar-refractivity contribution is 5.95. The Kier molecular flexibility index (Phi) is 6.16. The van der Waals surface area contributed by atoms with Gasteiger partial charge in [0, 0.05) is 31.6 Å². The zero-order valence-electron chi connectivity index (χ0n) is 15.5. The first kappa shape index (κ1) is 19.3. The van der Waals surface area contributed by atoms with E-state index >= 15 is 0 Å². The quantitative estimate of drug-likeness (QED) is 0.661. The lowest BCUT2D eigenvalue weighted by Gasteiger charge is -2.05. The highest BCUT2D eigenvalue weighted by atomic mass is 19.1.